The van der Waals surface area contributed by atoms with Gasteiger partial charge in [0.1, 0.15) is 0 Å². The van der Waals surface area contributed by atoms with Crippen molar-refractivity contribution in [3.8, 4) is 0 Å². The molecule has 0 bridgehead atoms. The van der Waals surface area contributed by atoms with Crippen LogP contribution in [0.25, 0.3) is 0 Å². The van der Waals surface area contributed by atoms with Gasteiger partial charge in [-0.05, 0) is 32.4 Å². The number of nitrogens with one attached hydrogen (secondary N) is 1. The van der Waals surface area contributed by atoms with E-state index in [9.17, 15) is 0 Å². The third-order valence-corrected chi connectivity index (χ3v) is 3.67. The third-order valence-electron chi connectivity index (χ3n) is 2.35. The molecule has 15 heavy (non-hydrogen) atoms. The standard InChI is InChI=1S/C12H16N2S/c1-9-6-4-5-7-10(9)13-11-14-12(2,3)8-15-11/h4-7H,8H2,1-3H3,(H,13,14). The van der Waals surface area contributed by atoms with Crippen molar-refractivity contribution in [3.05, 3.63) is 29.8 Å². The molecule has 0 atom stereocenters. The predicted molar refractivity (Wildman–Crippen MR) is 68.8 cm³/mol. The molecule has 1 N–H and O–H groups in total. The minimum Gasteiger partial charge on any atom is -0.335 e. The lowest BCUT2D eigenvalue weighted by atomic mass is 10.1. The van der Waals surface area contributed by atoms with Gasteiger partial charge in [-0.3, -0.25) is 4.99 Å². The van der Waals surface area contributed by atoms with Crippen molar-refractivity contribution < 1.29 is 0 Å². The molecule has 1 aliphatic rings. The van der Waals surface area contributed by atoms with Gasteiger partial charge in [0.15, 0.2) is 5.17 Å². The van der Waals surface area contributed by atoms with E-state index in [0.717, 1.165) is 16.6 Å². The maximum absolute atomic E-state index is 4.63. The molecule has 0 unspecified atom stereocenters. The molecule has 2 nitrogen and oxygen atoms in total. The molecule has 0 saturated carbocycles. The largest absolute Gasteiger partial charge is 0.335 e. The SMILES string of the molecule is Cc1ccccc1NC1=NC(C)(C)CS1. The lowest BCUT2D eigenvalue weighted by molar-refractivity contribution is 0.605. The highest BCUT2D eigenvalue weighted by molar-refractivity contribution is 8.14. The first-order chi connectivity index (χ1) is 7.07. The summed E-state index contributed by atoms with van der Waals surface area (Å²) >= 11 is 1.79. The summed E-state index contributed by atoms with van der Waals surface area (Å²) in [5, 5.41) is 4.41. The number of aliphatic imine (C=N–C) groups is 1. The summed E-state index contributed by atoms with van der Waals surface area (Å²) in [6, 6.07) is 8.28. The van der Waals surface area contributed by atoms with Gasteiger partial charge in [0, 0.05) is 11.4 Å². The highest BCUT2D eigenvalue weighted by Crippen LogP contribution is 2.28. The number of para-hydroxylation sites is 1. The molecule has 0 radical (unpaired) electrons. The van der Waals surface area contributed by atoms with Crippen molar-refractivity contribution in [1.82, 2.24) is 0 Å². The Balaban J connectivity index is 2.14. The minimum absolute atomic E-state index is 0.0791. The maximum Gasteiger partial charge on any atom is 0.161 e. The zero-order chi connectivity index (χ0) is 10.9. The Labute approximate surface area is 95.2 Å². The van der Waals surface area contributed by atoms with Gasteiger partial charge in [0.05, 0.1) is 5.54 Å². The van der Waals surface area contributed by atoms with Crippen molar-refractivity contribution >= 4 is 22.6 Å². The van der Waals surface area contributed by atoms with Crippen LogP contribution in [0.1, 0.15) is 19.4 Å². The van der Waals surface area contributed by atoms with Crippen LogP contribution >= 0.6 is 11.8 Å². The van der Waals surface area contributed by atoms with Crippen LogP contribution in [0, 0.1) is 6.92 Å². The Kier molecular flexibility index (Phi) is 2.74. The molecule has 1 aliphatic heterocycles. The molecule has 2 rings (SSSR count). The normalized spacial score (nSPS) is 18.7. The monoisotopic (exact) mass is 220 g/mol. The van der Waals surface area contributed by atoms with E-state index in [1.807, 2.05) is 12.1 Å². The van der Waals surface area contributed by atoms with Gasteiger partial charge in [-0.25, -0.2) is 0 Å². The fraction of sp³-hybridized carbons (Fsp3) is 0.417. The second-order valence-corrected chi connectivity index (χ2v) is 5.42. The van der Waals surface area contributed by atoms with Crippen LogP contribution < -0.4 is 5.32 Å². The first kappa shape index (κ1) is 10.6. The number of aryl methyl sites for hydroxylation is 1. The van der Waals surface area contributed by atoms with Crippen molar-refractivity contribution in [2.45, 2.75) is 26.3 Å². The van der Waals surface area contributed by atoms with Crippen LogP contribution in [-0.2, 0) is 0 Å². The van der Waals surface area contributed by atoms with Crippen LogP contribution in [0.5, 0.6) is 0 Å². The smallest absolute Gasteiger partial charge is 0.161 e. The summed E-state index contributed by atoms with van der Waals surface area (Å²) in [5.74, 6) is 1.06. The third kappa shape index (κ3) is 2.53. The van der Waals surface area contributed by atoms with Gasteiger partial charge in [-0.15, -0.1) is 0 Å². The molecule has 0 saturated heterocycles. The summed E-state index contributed by atoms with van der Waals surface area (Å²) in [4.78, 5) is 4.63. The van der Waals surface area contributed by atoms with E-state index in [0.29, 0.717) is 0 Å². The molecular weight excluding hydrogens is 204 g/mol. The summed E-state index contributed by atoms with van der Waals surface area (Å²) in [6.07, 6.45) is 0. The summed E-state index contributed by atoms with van der Waals surface area (Å²) in [5.41, 5.74) is 2.49. The van der Waals surface area contributed by atoms with Crippen molar-refractivity contribution in [2.24, 2.45) is 4.99 Å². The second kappa shape index (κ2) is 3.89. The Morgan fingerprint density at radius 1 is 1.33 bits per heavy atom. The molecule has 1 aromatic rings. The van der Waals surface area contributed by atoms with Crippen LogP contribution in [-0.4, -0.2) is 16.5 Å². The second-order valence-electron chi connectivity index (χ2n) is 4.46. The molecule has 0 spiro atoms. The molecular formula is C12H16N2S. The number of nitrogens with zero attached hydrogens (tertiary/aromatic N) is 1. The topological polar surface area (TPSA) is 24.4 Å². The van der Waals surface area contributed by atoms with Crippen LogP contribution in [0.15, 0.2) is 29.3 Å². The first-order valence-corrected chi connectivity index (χ1v) is 6.11. The number of rotatable bonds is 1. The van der Waals surface area contributed by atoms with Crippen molar-refractivity contribution in [1.29, 1.82) is 0 Å². The Morgan fingerprint density at radius 2 is 2.07 bits per heavy atom. The lowest BCUT2D eigenvalue weighted by Crippen LogP contribution is -2.15. The number of thioether (sulfide) groups is 1. The van der Waals surface area contributed by atoms with Gasteiger partial charge in [0.25, 0.3) is 0 Å². The van der Waals surface area contributed by atoms with Gasteiger partial charge >= 0.3 is 0 Å². The Hall–Kier alpha value is -0.960. The first-order valence-electron chi connectivity index (χ1n) is 5.12. The highest BCUT2D eigenvalue weighted by Gasteiger charge is 2.25. The van der Waals surface area contributed by atoms with Crippen LogP contribution in [0.2, 0.25) is 0 Å². The predicted octanol–water partition coefficient (Wildman–Crippen LogP) is 3.29. The quantitative estimate of drug-likeness (QED) is 0.785. The number of anilines is 1. The van der Waals surface area contributed by atoms with Crippen molar-refractivity contribution in [3.63, 3.8) is 0 Å². The number of benzene rings is 1. The Morgan fingerprint density at radius 3 is 2.67 bits per heavy atom. The molecule has 0 aliphatic carbocycles. The average molecular weight is 220 g/mol. The average Bonchev–Trinajstić information content (AvgIpc) is 2.50. The summed E-state index contributed by atoms with van der Waals surface area (Å²) in [7, 11) is 0. The van der Waals surface area contributed by atoms with E-state index in [2.05, 4.69) is 43.2 Å². The minimum atomic E-state index is 0.0791. The molecule has 0 fully saturated rings. The van der Waals surface area contributed by atoms with Gasteiger partial charge < -0.3 is 5.32 Å². The lowest BCUT2D eigenvalue weighted by Gasteiger charge is -2.10. The molecule has 1 aromatic carbocycles. The van der Waals surface area contributed by atoms with Gasteiger partial charge in [-0.1, -0.05) is 30.0 Å². The van der Waals surface area contributed by atoms with E-state index < -0.39 is 0 Å². The van der Waals surface area contributed by atoms with E-state index in [1.54, 1.807) is 11.8 Å². The Bertz CT molecular complexity index is 396. The fourth-order valence-electron chi connectivity index (χ4n) is 1.48. The molecule has 1 heterocycles. The zero-order valence-corrected chi connectivity index (χ0v) is 10.2. The van der Waals surface area contributed by atoms with Gasteiger partial charge in [-0.2, -0.15) is 0 Å². The molecule has 80 valence electrons. The fourth-order valence-corrected chi connectivity index (χ4v) is 2.53. The molecule has 0 amide bonds. The number of amidine groups is 1. The molecule has 3 heteroatoms. The number of hydrogen-bond acceptors (Lipinski definition) is 3. The summed E-state index contributed by atoms with van der Waals surface area (Å²) in [6.45, 7) is 6.42. The van der Waals surface area contributed by atoms with Crippen LogP contribution in [0.3, 0.4) is 0 Å². The van der Waals surface area contributed by atoms with Crippen molar-refractivity contribution in [2.75, 3.05) is 11.1 Å². The van der Waals surface area contributed by atoms with E-state index in [-0.39, 0.29) is 5.54 Å². The maximum atomic E-state index is 4.63. The zero-order valence-electron chi connectivity index (χ0n) is 9.37. The van der Waals surface area contributed by atoms with E-state index in [1.165, 1.54) is 5.56 Å². The molecule has 0 aromatic heterocycles. The highest BCUT2D eigenvalue weighted by atomic mass is 32.2. The summed E-state index contributed by atoms with van der Waals surface area (Å²) < 4.78 is 0. The van der Waals surface area contributed by atoms with E-state index >= 15 is 0 Å². The van der Waals surface area contributed by atoms with Gasteiger partial charge in [0.2, 0.25) is 0 Å². The van der Waals surface area contributed by atoms with E-state index in [4.69, 9.17) is 0 Å². The van der Waals surface area contributed by atoms with Crippen LogP contribution in [0.4, 0.5) is 5.69 Å². The number of hydrogen-bond donors (Lipinski definition) is 1.